The summed E-state index contributed by atoms with van der Waals surface area (Å²) in [5, 5.41) is 8.21. The van der Waals surface area contributed by atoms with Crippen molar-refractivity contribution in [3.63, 3.8) is 0 Å². The number of nitrogens with zero attached hydrogens (tertiary/aromatic N) is 1. The molecule has 0 saturated carbocycles. The maximum Gasteiger partial charge on any atom is 0.273 e. The van der Waals surface area contributed by atoms with E-state index in [1.54, 1.807) is 42.5 Å². The quantitative estimate of drug-likeness (QED) is 0.411. The average Bonchev–Trinajstić information content (AvgIpc) is 2.75. The van der Waals surface area contributed by atoms with E-state index < -0.39 is 28.8 Å². The third-order valence-electron chi connectivity index (χ3n) is 4.55. The van der Waals surface area contributed by atoms with Gasteiger partial charge in [0.15, 0.2) is 0 Å². The second-order valence-electron chi connectivity index (χ2n) is 6.76. The predicted octanol–water partition coefficient (Wildman–Crippen LogP) is 0.324. The Kier molecular flexibility index (Phi) is 6.61. The molecule has 1 aromatic heterocycles. The zero-order valence-corrected chi connectivity index (χ0v) is 16.5. The van der Waals surface area contributed by atoms with Gasteiger partial charge in [-0.25, -0.2) is 4.68 Å². The van der Waals surface area contributed by atoms with Gasteiger partial charge in [0, 0.05) is 19.4 Å². The van der Waals surface area contributed by atoms with Gasteiger partial charge in [-0.2, -0.15) is 0 Å². The Labute approximate surface area is 176 Å². The number of nitrogens with one attached hydrogen (secondary N) is 3. The van der Waals surface area contributed by atoms with Gasteiger partial charge in [0.1, 0.15) is 0 Å². The summed E-state index contributed by atoms with van der Waals surface area (Å²) in [6.07, 6.45) is -0.106. The molecular formula is C21H21N5O5. The Balaban J connectivity index is 1.68. The molecule has 3 aromatic rings. The van der Waals surface area contributed by atoms with Gasteiger partial charge in [-0.15, -0.1) is 0 Å². The summed E-state index contributed by atoms with van der Waals surface area (Å²) in [7, 11) is 0. The van der Waals surface area contributed by atoms with Gasteiger partial charge >= 0.3 is 0 Å². The molecular weight excluding hydrogens is 402 g/mol. The molecule has 0 saturated heterocycles. The molecule has 0 aliphatic carbocycles. The van der Waals surface area contributed by atoms with Crippen molar-refractivity contribution in [1.29, 1.82) is 0 Å². The van der Waals surface area contributed by atoms with E-state index >= 15 is 0 Å². The molecule has 0 atom stereocenters. The number of fused-ring (bicyclic) bond motifs is 1. The SMILES string of the molecule is NC(=O)CCNC(=O)c1ccccc1NC(=O)CCn1[nH]c(=O)c2ccccc2c1=O. The number of aromatic nitrogens is 2. The van der Waals surface area contributed by atoms with E-state index in [1.165, 1.54) is 6.07 Å². The zero-order chi connectivity index (χ0) is 22.4. The highest BCUT2D eigenvalue weighted by Gasteiger charge is 2.14. The summed E-state index contributed by atoms with van der Waals surface area (Å²) in [5.41, 5.74) is 4.72. The number of rotatable bonds is 8. The molecule has 2 aromatic carbocycles. The largest absolute Gasteiger partial charge is 0.370 e. The fourth-order valence-electron chi connectivity index (χ4n) is 3.01. The predicted molar refractivity (Wildman–Crippen MR) is 115 cm³/mol. The minimum atomic E-state index is -0.538. The van der Waals surface area contributed by atoms with Gasteiger partial charge in [-0.3, -0.25) is 29.1 Å². The van der Waals surface area contributed by atoms with E-state index in [2.05, 4.69) is 15.7 Å². The van der Waals surface area contributed by atoms with E-state index in [0.717, 1.165) is 4.68 Å². The lowest BCUT2D eigenvalue weighted by Crippen LogP contribution is -2.31. The number of hydrogen-bond acceptors (Lipinski definition) is 5. The lowest BCUT2D eigenvalue weighted by molar-refractivity contribution is -0.118. The molecule has 160 valence electrons. The van der Waals surface area contributed by atoms with Gasteiger partial charge in [0.2, 0.25) is 11.8 Å². The van der Waals surface area contributed by atoms with E-state index in [1.807, 2.05) is 0 Å². The Bertz CT molecular complexity index is 1260. The second-order valence-corrected chi connectivity index (χ2v) is 6.76. The molecule has 0 aliphatic rings. The first-order valence-corrected chi connectivity index (χ1v) is 9.54. The first-order chi connectivity index (χ1) is 14.9. The van der Waals surface area contributed by atoms with Crippen molar-refractivity contribution in [1.82, 2.24) is 15.1 Å². The molecule has 5 N–H and O–H groups in total. The van der Waals surface area contributed by atoms with E-state index in [9.17, 15) is 24.0 Å². The first kappa shape index (κ1) is 21.5. The number of para-hydroxylation sites is 1. The van der Waals surface area contributed by atoms with Crippen LogP contribution >= 0.6 is 0 Å². The monoisotopic (exact) mass is 423 g/mol. The van der Waals surface area contributed by atoms with Crippen molar-refractivity contribution in [2.75, 3.05) is 11.9 Å². The van der Waals surface area contributed by atoms with E-state index in [0.29, 0.717) is 0 Å². The fourth-order valence-corrected chi connectivity index (χ4v) is 3.01. The van der Waals surface area contributed by atoms with Crippen molar-refractivity contribution >= 4 is 34.2 Å². The van der Waals surface area contributed by atoms with E-state index in [-0.39, 0.29) is 48.0 Å². The minimum Gasteiger partial charge on any atom is -0.370 e. The van der Waals surface area contributed by atoms with Gasteiger partial charge in [0.25, 0.3) is 17.0 Å². The number of carbonyl (C=O) groups is 3. The third-order valence-corrected chi connectivity index (χ3v) is 4.55. The summed E-state index contributed by atoms with van der Waals surface area (Å²) in [4.78, 5) is 60.2. The van der Waals surface area contributed by atoms with Gasteiger partial charge < -0.3 is 16.4 Å². The topological polar surface area (TPSA) is 156 Å². The lowest BCUT2D eigenvalue weighted by Gasteiger charge is -2.12. The molecule has 1 heterocycles. The number of hydrogen-bond donors (Lipinski definition) is 4. The highest BCUT2D eigenvalue weighted by Crippen LogP contribution is 2.15. The van der Waals surface area contributed by atoms with Crippen LogP contribution in [0.25, 0.3) is 10.8 Å². The Morgan fingerprint density at radius 3 is 2.35 bits per heavy atom. The highest BCUT2D eigenvalue weighted by atomic mass is 16.2. The number of nitrogens with two attached hydrogens (primary N) is 1. The first-order valence-electron chi connectivity index (χ1n) is 9.54. The number of H-pyrrole nitrogens is 1. The molecule has 0 aliphatic heterocycles. The Morgan fingerprint density at radius 1 is 0.935 bits per heavy atom. The molecule has 0 bridgehead atoms. The van der Waals surface area contributed by atoms with Crippen LogP contribution in [0.2, 0.25) is 0 Å². The number of primary amides is 1. The molecule has 10 nitrogen and oxygen atoms in total. The zero-order valence-electron chi connectivity index (χ0n) is 16.5. The molecule has 3 amide bonds. The molecule has 3 rings (SSSR count). The molecule has 10 heteroatoms. The molecule has 0 radical (unpaired) electrons. The number of benzene rings is 2. The average molecular weight is 423 g/mol. The van der Waals surface area contributed by atoms with Crippen molar-refractivity contribution in [2.45, 2.75) is 19.4 Å². The second kappa shape index (κ2) is 9.53. The number of aromatic amines is 1. The van der Waals surface area contributed by atoms with Gasteiger partial charge in [0.05, 0.1) is 28.6 Å². The van der Waals surface area contributed by atoms with Gasteiger partial charge in [-0.05, 0) is 24.3 Å². The van der Waals surface area contributed by atoms with Crippen molar-refractivity contribution < 1.29 is 14.4 Å². The maximum atomic E-state index is 12.5. The van der Waals surface area contributed by atoms with Crippen LogP contribution in [-0.2, 0) is 16.1 Å². The van der Waals surface area contributed by atoms with Crippen LogP contribution in [0.4, 0.5) is 5.69 Å². The molecule has 0 spiro atoms. The summed E-state index contributed by atoms with van der Waals surface area (Å²) in [6, 6.07) is 12.8. The third kappa shape index (κ3) is 5.24. The smallest absolute Gasteiger partial charge is 0.273 e. The molecule has 0 fully saturated rings. The van der Waals surface area contributed by atoms with Crippen LogP contribution < -0.4 is 27.5 Å². The minimum absolute atomic E-state index is 0.00101. The molecule has 31 heavy (non-hydrogen) atoms. The summed E-state index contributed by atoms with van der Waals surface area (Å²) in [6.45, 7) is 0.0341. The van der Waals surface area contributed by atoms with Gasteiger partial charge in [-0.1, -0.05) is 24.3 Å². The van der Waals surface area contributed by atoms with E-state index in [4.69, 9.17) is 5.73 Å². The fraction of sp³-hybridized carbons (Fsp3) is 0.190. The summed E-state index contributed by atoms with van der Waals surface area (Å²) in [5.74, 6) is -1.45. The Hall–Kier alpha value is -4.21. The van der Waals surface area contributed by atoms with Crippen LogP contribution in [0.1, 0.15) is 23.2 Å². The molecule has 0 unspecified atom stereocenters. The van der Waals surface area contributed by atoms with Crippen LogP contribution in [0.15, 0.2) is 58.1 Å². The number of amides is 3. The highest BCUT2D eigenvalue weighted by molar-refractivity contribution is 6.03. The normalized spacial score (nSPS) is 10.6. The summed E-state index contributed by atoms with van der Waals surface area (Å²) >= 11 is 0. The van der Waals surface area contributed by atoms with Crippen molar-refractivity contribution in [3.8, 4) is 0 Å². The number of anilines is 1. The lowest BCUT2D eigenvalue weighted by atomic mass is 10.1. The maximum absolute atomic E-state index is 12.5. The number of aryl methyl sites for hydroxylation is 1. The number of carbonyl (C=O) groups excluding carboxylic acids is 3. The van der Waals surface area contributed by atoms with Crippen molar-refractivity contribution in [3.05, 3.63) is 74.8 Å². The van der Waals surface area contributed by atoms with Crippen LogP contribution in [0.3, 0.4) is 0 Å². The standard InChI is InChI=1S/C21H21N5O5/c22-17(27)9-11-23-19(29)15-7-3-4-8-16(15)24-18(28)10-12-26-21(31)14-6-2-1-5-13(14)20(30)25-26/h1-8H,9-12H2,(H2,22,27)(H,23,29)(H,24,28)(H,25,30). The Morgan fingerprint density at radius 2 is 1.61 bits per heavy atom. The van der Waals surface area contributed by atoms with Crippen LogP contribution in [0, 0.1) is 0 Å². The van der Waals surface area contributed by atoms with Crippen molar-refractivity contribution in [2.24, 2.45) is 5.73 Å². The summed E-state index contributed by atoms with van der Waals surface area (Å²) < 4.78 is 1.09. The van der Waals surface area contributed by atoms with Crippen LogP contribution in [0.5, 0.6) is 0 Å². The van der Waals surface area contributed by atoms with Crippen LogP contribution in [-0.4, -0.2) is 34.0 Å².